The van der Waals surface area contributed by atoms with Crippen molar-refractivity contribution >= 4 is 39.7 Å². The molecule has 0 aliphatic carbocycles. The largest absolute Gasteiger partial charge is 0.480 e. The van der Waals surface area contributed by atoms with E-state index in [2.05, 4.69) is 23.2 Å². The molecule has 0 aliphatic rings. The minimum Gasteiger partial charge on any atom is -0.480 e. The van der Waals surface area contributed by atoms with Crippen LogP contribution in [0.5, 0.6) is 0 Å². The fourth-order valence-corrected chi connectivity index (χ4v) is 0.955. The number of carboxylic acid groups (broad SMARTS) is 1. The molecule has 0 heterocycles. The first-order chi connectivity index (χ1) is 8.34. The number of rotatable bonds is 4. The van der Waals surface area contributed by atoms with E-state index >= 15 is 0 Å². The van der Waals surface area contributed by atoms with E-state index in [1.54, 1.807) is 0 Å². The van der Waals surface area contributed by atoms with Gasteiger partial charge in [-0.05, 0) is 35.2 Å². The Morgan fingerprint density at radius 1 is 1.11 bits per heavy atom. The SMILES string of the molecule is NC(Cc1ccccc1)C(=O)O.O=C(Cl)C(=O)Cl. The number of carbonyl (C=O) groups is 3. The molecule has 1 rings (SSSR count). The van der Waals surface area contributed by atoms with Crippen LogP contribution in [-0.2, 0) is 20.8 Å². The second-order valence-electron chi connectivity index (χ2n) is 3.18. The second kappa shape index (κ2) is 8.63. The van der Waals surface area contributed by atoms with Crippen molar-refractivity contribution in [2.24, 2.45) is 5.73 Å². The standard InChI is InChI=1S/C9H11NO2.C2Cl2O2/c10-8(9(11)12)6-7-4-2-1-3-5-7;3-1(5)2(4)6/h1-5,8H,6,10H2,(H,11,12);. The molecule has 0 bridgehead atoms. The highest BCUT2D eigenvalue weighted by Crippen LogP contribution is 2.01. The number of aliphatic carboxylic acids is 1. The van der Waals surface area contributed by atoms with Crippen LogP contribution in [0, 0.1) is 0 Å². The molecule has 0 saturated heterocycles. The van der Waals surface area contributed by atoms with E-state index in [9.17, 15) is 14.4 Å². The maximum atomic E-state index is 10.4. The van der Waals surface area contributed by atoms with Crippen molar-refractivity contribution < 1.29 is 19.5 Å². The first kappa shape index (κ1) is 16.6. The van der Waals surface area contributed by atoms with Crippen molar-refractivity contribution in [2.75, 3.05) is 0 Å². The molecule has 0 aliphatic heterocycles. The van der Waals surface area contributed by atoms with E-state index in [-0.39, 0.29) is 0 Å². The van der Waals surface area contributed by atoms with Crippen molar-refractivity contribution in [3.63, 3.8) is 0 Å². The summed E-state index contributed by atoms with van der Waals surface area (Å²) in [6, 6.07) is 8.54. The van der Waals surface area contributed by atoms with Gasteiger partial charge in [0.25, 0.3) is 0 Å². The molecule has 7 heteroatoms. The zero-order valence-corrected chi connectivity index (χ0v) is 10.7. The van der Waals surface area contributed by atoms with Crippen LogP contribution in [0.25, 0.3) is 0 Å². The monoisotopic (exact) mass is 291 g/mol. The molecule has 3 N–H and O–H groups in total. The van der Waals surface area contributed by atoms with Crippen molar-refractivity contribution in [3.05, 3.63) is 35.9 Å². The molecule has 98 valence electrons. The van der Waals surface area contributed by atoms with E-state index in [4.69, 9.17) is 10.8 Å². The third kappa shape index (κ3) is 7.78. The third-order valence-corrected chi connectivity index (χ3v) is 2.21. The molecule has 5 nitrogen and oxygen atoms in total. The molecule has 1 aromatic carbocycles. The summed E-state index contributed by atoms with van der Waals surface area (Å²) in [5.74, 6) is -0.959. The quantitative estimate of drug-likeness (QED) is 0.641. The normalized spacial score (nSPS) is 10.8. The van der Waals surface area contributed by atoms with Crippen molar-refractivity contribution in [2.45, 2.75) is 12.5 Å². The molecular formula is C11H11Cl2NO4. The van der Waals surface area contributed by atoms with Gasteiger partial charge >= 0.3 is 16.5 Å². The molecule has 0 saturated carbocycles. The van der Waals surface area contributed by atoms with Gasteiger partial charge in [0.2, 0.25) is 0 Å². The zero-order valence-electron chi connectivity index (χ0n) is 9.18. The Morgan fingerprint density at radius 2 is 1.56 bits per heavy atom. The van der Waals surface area contributed by atoms with Gasteiger partial charge in [0.1, 0.15) is 6.04 Å². The van der Waals surface area contributed by atoms with E-state index in [0.29, 0.717) is 6.42 Å². The summed E-state index contributed by atoms with van der Waals surface area (Å²) in [7, 11) is 0. The minimum atomic E-state index is -1.14. The van der Waals surface area contributed by atoms with Crippen LogP contribution in [0.15, 0.2) is 30.3 Å². The number of hydrogen-bond donors (Lipinski definition) is 2. The third-order valence-electron chi connectivity index (χ3n) is 1.77. The maximum absolute atomic E-state index is 10.4. The fraction of sp³-hybridized carbons (Fsp3) is 0.182. The lowest BCUT2D eigenvalue weighted by Crippen LogP contribution is -2.32. The second-order valence-corrected chi connectivity index (χ2v) is 3.87. The van der Waals surface area contributed by atoms with Gasteiger partial charge in [0, 0.05) is 0 Å². The Morgan fingerprint density at radius 3 is 1.89 bits per heavy atom. The topological polar surface area (TPSA) is 97.5 Å². The molecule has 0 aromatic heterocycles. The number of carboxylic acids is 1. The molecule has 1 aromatic rings. The lowest BCUT2D eigenvalue weighted by molar-refractivity contribution is -0.138. The van der Waals surface area contributed by atoms with E-state index in [0.717, 1.165) is 5.56 Å². The van der Waals surface area contributed by atoms with Gasteiger partial charge in [-0.2, -0.15) is 0 Å². The van der Waals surface area contributed by atoms with Crippen molar-refractivity contribution in [3.8, 4) is 0 Å². The van der Waals surface area contributed by atoms with Crippen molar-refractivity contribution in [1.82, 2.24) is 0 Å². The first-order valence-electron chi connectivity index (χ1n) is 4.76. The molecule has 1 unspecified atom stereocenters. The van der Waals surface area contributed by atoms with Crippen LogP contribution in [0.3, 0.4) is 0 Å². The summed E-state index contributed by atoms with van der Waals surface area (Å²) >= 11 is 8.98. The van der Waals surface area contributed by atoms with Crippen LogP contribution in [0.4, 0.5) is 0 Å². The van der Waals surface area contributed by atoms with Crippen LogP contribution in [-0.4, -0.2) is 27.6 Å². The molecule has 0 spiro atoms. The predicted octanol–water partition coefficient (Wildman–Crippen LogP) is 1.16. The lowest BCUT2D eigenvalue weighted by Gasteiger charge is -2.04. The Hall–Kier alpha value is -1.43. The maximum Gasteiger partial charge on any atom is 0.320 e. The van der Waals surface area contributed by atoms with E-state index < -0.39 is 22.5 Å². The molecule has 0 fully saturated rings. The Labute approximate surface area is 113 Å². The summed E-state index contributed by atoms with van der Waals surface area (Å²) in [4.78, 5) is 29.2. The Balaban J connectivity index is 0.000000411. The van der Waals surface area contributed by atoms with Gasteiger partial charge in [-0.25, -0.2) is 0 Å². The van der Waals surface area contributed by atoms with Gasteiger partial charge in [0.05, 0.1) is 0 Å². The highest BCUT2D eigenvalue weighted by molar-refractivity contribution is 6.97. The minimum absolute atomic E-state index is 0.385. The average molecular weight is 292 g/mol. The first-order valence-corrected chi connectivity index (χ1v) is 5.51. The Kier molecular flexibility index (Phi) is 7.94. The van der Waals surface area contributed by atoms with E-state index in [1.165, 1.54) is 0 Å². The van der Waals surface area contributed by atoms with Gasteiger partial charge in [-0.3, -0.25) is 14.4 Å². The predicted molar refractivity (Wildman–Crippen MR) is 67.5 cm³/mol. The van der Waals surface area contributed by atoms with Crippen LogP contribution >= 0.6 is 23.2 Å². The van der Waals surface area contributed by atoms with Crippen LogP contribution in [0.2, 0.25) is 0 Å². The van der Waals surface area contributed by atoms with E-state index in [1.807, 2.05) is 30.3 Å². The Bertz CT molecular complexity index is 410. The number of nitrogens with two attached hydrogens (primary N) is 1. The van der Waals surface area contributed by atoms with Gasteiger partial charge in [0.15, 0.2) is 0 Å². The highest BCUT2D eigenvalue weighted by Gasteiger charge is 2.10. The molecule has 0 radical (unpaired) electrons. The fourth-order valence-electron chi connectivity index (χ4n) is 0.955. The number of carbonyl (C=O) groups excluding carboxylic acids is 2. The number of hydrogen-bond acceptors (Lipinski definition) is 4. The smallest absolute Gasteiger partial charge is 0.320 e. The molecular weight excluding hydrogens is 281 g/mol. The number of halogens is 2. The molecule has 0 amide bonds. The average Bonchev–Trinajstić information content (AvgIpc) is 2.30. The lowest BCUT2D eigenvalue weighted by atomic mass is 10.1. The molecule has 18 heavy (non-hydrogen) atoms. The zero-order chi connectivity index (χ0) is 14.1. The van der Waals surface area contributed by atoms with Gasteiger partial charge in [-0.1, -0.05) is 30.3 Å². The van der Waals surface area contributed by atoms with Crippen LogP contribution < -0.4 is 5.73 Å². The van der Waals surface area contributed by atoms with Gasteiger partial charge in [-0.15, -0.1) is 0 Å². The van der Waals surface area contributed by atoms with Crippen molar-refractivity contribution in [1.29, 1.82) is 0 Å². The summed E-state index contributed by atoms with van der Waals surface area (Å²) in [6.07, 6.45) is 0.385. The van der Waals surface area contributed by atoms with Crippen LogP contribution in [0.1, 0.15) is 5.56 Å². The highest BCUT2D eigenvalue weighted by atomic mass is 35.5. The summed E-state index contributed by atoms with van der Waals surface area (Å²) in [5, 5.41) is 6.23. The summed E-state index contributed by atoms with van der Waals surface area (Å²) in [6.45, 7) is 0. The number of benzene rings is 1. The van der Waals surface area contributed by atoms with Gasteiger partial charge < -0.3 is 10.8 Å². The summed E-state index contributed by atoms with van der Waals surface area (Å²) in [5.41, 5.74) is 6.30. The molecule has 1 atom stereocenters. The summed E-state index contributed by atoms with van der Waals surface area (Å²) < 4.78 is 0.